The Kier molecular flexibility index (Phi) is 2.42. The fraction of sp³-hybridized carbons (Fsp3) is 0. The summed E-state index contributed by atoms with van der Waals surface area (Å²) in [5.41, 5.74) is 7.55. The molecule has 0 saturated carbocycles. The number of rotatable bonds is 1. The molecule has 0 aliphatic heterocycles. The van der Waals surface area contributed by atoms with Crippen molar-refractivity contribution in [1.29, 1.82) is 0 Å². The highest BCUT2D eigenvalue weighted by atomic mass is 16.3. The van der Waals surface area contributed by atoms with Crippen molar-refractivity contribution >= 4 is 10.8 Å². The molecular formula is C22H14O. The average molecular weight is 294 g/mol. The smallest absolute Gasteiger partial charge is 0.115 e. The van der Waals surface area contributed by atoms with Gasteiger partial charge in [-0.2, -0.15) is 0 Å². The standard InChI is InChI=1S/C22H14O/c23-17-10-8-14(9-11-17)16-12-15-4-3-7-20-18-5-1-2-6-19(18)21(13-16)22(15)20/h1-13,23H. The molecule has 0 unspecified atom stereocenters. The normalized spacial score (nSPS) is 11.7. The van der Waals surface area contributed by atoms with Crippen LogP contribution >= 0.6 is 0 Å². The van der Waals surface area contributed by atoms with Gasteiger partial charge in [0.15, 0.2) is 0 Å². The summed E-state index contributed by atoms with van der Waals surface area (Å²) in [5, 5.41) is 12.1. The zero-order chi connectivity index (χ0) is 15.4. The van der Waals surface area contributed by atoms with Crippen molar-refractivity contribution in [1.82, 2.24) is 0 Å². The maximum absolute atomic E-state index is 9.51. The van der Waals surface area contributed by atoms with Crippen molar-refractivity contribution in [2.24, 2.45) is 0 Å². The Labute approximate surface area is 134 Å². The van der Waals surface area contributed by atoms with Crippen LogP contribution in [-0.2, 0) is 0 Å². The molecule has 0 aromatic heterocycles. The second kappa shape index (κ2) is 4.47. The molecule has 1 nitrogen and oxygen atoms in total. The van der Waals surface area contributed by atoms with Gasteiger partial charge >= 0.3 is 0 Å². The minimum Gasteiger partial charge on any atom is -0.508 e. The molecule has 0 spiro atoms. The van der Waals surface area contributed by atoms with Crippen LogP contribution in [0.4, 0.5) is 0 Å². The lowest BCUT2D eigenvalue weighted by molar-refractivity contribution is 0.475. The number of aromatic hydroxyl groups is 1. The van der Waals surface area contributed by atoms with Gasteiger partial charge in [-0.1, -0.05) is 54.6 Å². The van der Waals surface area contributed by atoms with E-state index < -0.39 is 0 Å². The summed E-state index contributed by atoms with van der Waals surface area (Å²) < 4.78 is 0. The van der Waals surface area contributed by atoms with Gasteiger partial charge in [0.05, 0.1) is 0 Å². The van der Waals surface area contributed by atoms with E-state index >= 15 is 0 Å². The molecule has 0 fully saturated rings. The second-order valence-corrected chi connectivity index (χ2v) is 6.02. The quantitative estimate of drug-likeness (QED) is 0.410. The molecule has 5 rings (SSSR count). The van der Waals surface area contributed by atoms with Gasteiger partial charge in [-0.3, -0.25) is 0 Å². The highest BCUT2D eigenvalue weighted by Crippen LogP contribution is 2.48. The van der Waals surface area contributed by atoms with Crippen LogP contribution in [0.1, 0.15) is 0 Å². The Hall–Kier alpha value is -3.06. The van der Waals surface area contributed by atoms with Gasteiger partial charge in [-0.25, -0.2) is 0 Å². The van der Waals surface area contributed by atoms with E-state index in [0.717, 1.165) is 5.56 Å². The Morgan fingerprint density at radius 3 is 2.00 bits per heavy atom. The molecule has 1 N–H and O–H groups in total. The van der Waals surface area contributed by atoms with E-state index in [1.165, 1.54) is 38.6 Å². The molecule has 23 heavy (non-hydrogen) atoms. The number of phenols is 1. The Morgan fingerprint density at radius 2 is 1.22 bits per heavy atom. The molecule has 4 aromatic rings. The zero-order valence-corrected chi connectivity index (χ0v) is 12.5. The first-order valence-electron chi connectivity index (χ1n) is 7.77. The van der Waals surface area contributed by atoms with Gasteiger partial charge in [-0.05, 0) is 68.4 Å². The summed E-state index contributed by atoms with van der Waals surface area (Å²) in [6.45, 7) is 0. The summed E-state index contributed by atoms with van der Waals surface area (Å²) in [4.78, 5) is 0. The number of hydrogen-bond donors (Lipinski definition) is 1. The first-order valence-corrected chi connectivity index (χ1v) is 7.77. The largest absolute Gasteiger partial charge is 0.508 e. The lowest BCUT2D eigenvalue weighted by Gasteiger charge is -2.08. The van der Waals surface area contributed by atoms with Crippen LogP contribution in [0.3, 0.4) is 0 Å². The highest BCUT2D eigenvalue weighted by Gasteiger charge is 2.21. The number of fused-ring (bicyclic) bond motifs is 3. The van der Waals surface area contributed by atoms with E-state index in [9.17, 15) is 5.11 Å². The number of phenolic OH excluding ortho intramolecular Hbond substituents is 1. The first kappa shape index (κ1) is 12.5. The van der Waals surface area contributed by atoms with E-state index in [4.69, 9.17) is 0 Å². The molecule has 0 radical (unpaired) electrons. The third-order valence-electron chi connectivity index (χ3n) is 4.68. The van der Waals surface area contributed by atoms with Crippen LogP contribution in [-0.4, -0.2) is 5.11 Å². The van der Waals surface area contributed by atoms with E-state index in [2.05, 4.69) is 54.6 Å². The van der Waals surface area contributed by atoms with Crippen LogP contribution in [0.5, 0.6) is 5.75 Å². The third kappa shape index (κ3) is 1.74. The minimum atomic E-state index is 0.298. The Balaban J connectivity index is 1.85. The second-order valence-electron chi connectivity index (χ2n) is 6.02. The van der Waals surface area contributed by atoms with Crippen LogP contribution in [0, 0.1) is 0 Å². The molecule has 1 aliphatic rings. The van der Waals surface area contributed by atoms with E-state index in [1.807, 2.05) is 12.1 Å². The van der Waals surface area contributed by atoms with Crippen LogP contribution < -0.4 is 0 Å². The van der Waals surface area contributed by atoms with Crippen molar-refractivity contribution in [3.8, 4) is 39.1 Å². The molecule has 4 aromatic carbocycles. The van der Waals surface area contributed by atoms with Gasteiger partial charge < -0.3 is 5.11 Å². The predicted octanol–water partition coefficient (Wildman–Crippen LogP) is 5.86. The topological polar surface area (TPSA) is 20.2 Å². The zero-order valence-electron chi connectivity index (χ0n) is 12.5. The monoisotopic (exact) mass is 294 g/mol. The molecule has 0 atom stereocenters. The summed E-state index contributed by atoms with van der Waals surface area (Å²) in [6.07, 6.45) is 0. The van der Waals surface area contributed by atoms with E-state index in [-0.39, 0.29) is 0 Å². The van der Waals surface area contributed by atoms with Gasteiger partial charge in [0.2, 0.25) is 0 Å². The summed E-state index contributed by atoms with van der Waals surface area (Å²) in [6, 6.07) is 27.0. The van der Waals surface area contributed by atoms with Gasteiger partial charge in [0.25, 0.3) is 0 Å². The van der Waals surface area contributed by atoms with Crippen molar-refractivity contribution in [2.75, 3.05) is 0 Å². The first-order chi connectivity index (χ1) is 11.3. The fourth-order valence-corrected chi connectivity index (χ4v) is 3.64. The Morgan fingerprint density at radius 1 is 0.522 bits per heavy atom. The molecule has 0 bridgehead atoms. The summed E-state index contributed by atoms with van der Waals surface area (Å²) >= 11 is 0. The van der Waals surface area contributed by atoms with Gasteiger partial charge in [0, 0.05) is 0 Å². The molecule has 1 heteroatoms. The average Bonchev–Trinajstić information content (AvgIpc) is 2.92. The van der Waals surface area contributed by atoms with Crippen LogP contribution in [0.2, 0.25) is 0 Å². The van der Waals surface area contributed by atoms with Crippen molar-refractivity contribution in [3.63, 3.8) is 0 Å². The van der Waals surface area contributed by atoms with Gasteiger partial charge in [0.1, 0.15) is 5.75 Å². The van der Waals surface area contributed by atoms with Crippen molar-refractivity contribution in [3.05, 3.63) is 78.9 Å². The maximum Gasteiger partial charge on any atom is 0.115 e. The van der Waals surface area contributed by atoms with E-state index in [0.29, 0.717) is 5.75 Å². The molecule has 0 heterocycles. The van der Waals surface area contributed by atoms with Gasteiger partial charge in [-0.15, -0.1) is 0 Å². The van der Waals surface area contributed by atoms with Crippen LogP contribution in [0.25, 0.3) is 44.2 Å². The van der Waals surface area contributed by atoms with E-state index in [1.54, 1.807) is 12.1 Å². The Bertz CT molecular complexity index is 1060. The predicted molar refractivity (Wildman–Crippen MR) is 95.5 cm³/mol. The third-order valence-corrected chi connectivity index (χ3v) is 4.68. The SMILES string of the molecule is Oc1ccc(-c2cc3c4c(cccc4c2)-c2ccccc2-3)cc1. The molecule has 1 aliphatic carbocycles. The molecule has 0 amide bonds. The summed E-state index contributed by atoms with van der Waals surface area (Å²) in [7, 11) is 0. The fourth-order valence-electron chi connectivity index (χ4n) is 3.64. The van der Waals surface area contributed by atoms with Crippen molar-refractivity contribution < 1.29 is 5.11 Å². The highest BCUT2D eigenvalue weighted by molar-refractivity contribution is 6.16. The number of hydrogen-bond acceptors (Lipinski definition) is 1. The summed E-state index contributed by atoms with van der Waals surface area (Å²) in [5.74, 6) is 0.298. The number of benzene rings is 4. The molecule has 108 valence electrons. The lowest BCUT2D eigenvalue weighted by Crippen LogP contribution is -1.82. The van der Waals surface area contributed by atoms with Crippen molar-refractivity contribution in [2.45, 2.75) is 0 Å². The van der Waals surface area contributed by atoms with Crippen LogP contribution in [0.15, 0.2) is 78.9 Å². The molecule has 0 saturated heterocycles. The minimum absolute atomic E-state index is 0.298. The maximum atomic E-state index is 9.51. The lowest BCUT2D eigenvalue weighted by atomic mass is 9.96. The molecular weight excluding hydrogens is 280 g/mol.